The lowest BCUT2D eigenvalue weighted by Crippen LogP contribution is -2.48. The lowest BCUT2D eigenvalue weighted by molar-refractivity contribution is 0.142. The first-order chi connectivity index (χ1) is 9.60. The number of anilines is 1. The van der Waals surface area contributed by atoms with Crippen molar-refractivity contribution in [1.29, 1.82) is 0 Å². The van der Waals surface area contributed by atoms with Gasteiger partial charge in [-0.25, -0.2) is 0 Å². The van der Waals surface area contributed by atoms with Crippen molar-refractivity contribution in [2.24, 2.45) is 0 Å². The minimum atomic E-state index is -0.410. The molecule has 1 saturated heterocycles. The zero-order chi connectivity index (χ0) is 14.5. The molecule has 0 bridgehead atoms. The maximum atomic E-state index is 9.60. The third kappa shape index (κ3) is 3.84. The van der Waals surface area contributed by atoms with Crippen molar-refractivity contribution in [3.63, 3.8) is 0 Å². The van der Waals surface area contributed by atoms with Crippen LogP contribution in [0.15, 0.2) is 36.9 Å². The molecule has 20 heavy (non-hydrogen) atoms. The zero-order valence-electron chi connectivity index (χ0n) is 12.6. The molecule has 0 saturated carbocycles. The van der Waals surface area contributed by atoms with Crippen LogP contribution in [0.1, 0.15) is 25.3 Å². The van der Waals surface area contributed by atoms with E-state index in [1.807, 2.05) is 0 Å². The van der Waals surface area contributed by atoms with E-state index in [-0.39, 0.29) is 0 Å². The second-order valence-electron chi connectivity index (χ2n) is 5.84. The molecule has 1 heterocycles. The Morgan fingerprint density at radius 3 is 2.25 bits per heavy atom. The predicted octanol–water partition coefficient (Wildman–Crippen LogP) is 2.48. The van der Waals surface area contributed by atoms with Gasteiger partial charge in [0, 0.05) is 38.4 Å². The van der Waals surface area contributed by atoms with Crippen molar-refractivity contribution in [2.75, 3.05) is 37.6 Å². The second kappa shape index (κ2) is 6.91. The highest BCUT2D eigenvalue weighted by molar-refractivity contribution is 5.48. The molecule has 1 atom stereocenters. The predicted molar refractivity (Wildman–Crippen MR) is 85.4 cm³/mol. The lowest BCUT2D eigenvalue weighted by Gasteiger charge is -2.36. The minimum absolute atomic E-state index is 0.410. The van der Waals surface area contributed by atoms with Crippen LogP contribution in [0.3, 0.4) is 0 Å². The summed E-state index contributed by atoms with van der Waals surface area (Å²) in [5.74, 6) is 0.585. The van der Waals surface area contributed by atoms with Gasteiger partial charge < -0.3 is 10.0 Å². The van der Waals surface area contributed by atoms with E-state index >= 15 is 0 Å². The van der Waals surface area contributed by atoms with E-state index in [2.05, 4.69) is 54.5 Å². The zero-order valence-corrected chi connectivity index (χ0v) is 12.6. The molecule has 2 rings (SSSR count). The van der Waals surface area contributed by atoms with E-state index in [4.69, 9.17) is 0 Å². The molecule has 1 aliphatic heterocycles. The Balaban J connectivity index is 1.88. The largest absolute Gasteiger partial charge is 0.388 e. The monoisotopic (exact) mass is 274 g/mol. The van der Waals surface area contributed by atoms with Crippen LogP contribution in [0.25, 0.3) is 0 Å². The molecule has 3 heteroatoms. The van der Waals surface area contributed by atoms with Crippen LogP contribution in [-0.2, 0) is 0 Å². The smallest absolute Gasteiger partial charge is 0.0845 e. The van der Waals surface area contributed by atoms with E-state index in [1.54, 1.807) is 6.08 Å². The Morgan fingerprint density at radius 1 is 1.15 bits per heavy atom. The first kappa shape index (κ1) is 15.1. The van der Waals surface area contributed by atoms with Gasteiger partial charge in [0.1, 0.15) is 0 Å². The van der Waals surface area contributed by atoms with E-state index in [9.17, 15) is 5.11 Å². The van der Waals surface area contributed by atoms with Crippen LogP contribution in [0.2, 0.25) is 0 Å². The normalized spacial score (nSPS) is 18.3. The van der Waals surface area contributed by atoms with Gasteiger partial charge >= 0.3 is 0 Å². The fourth-order valence-corrected chi connectivity index (χ4v) is 2.60. The molecule has 0 amide bonds. The third-order valence-corrected chi connectivity index (χ3v) is 4.01. The van der Waals surface area contributed by atoms with Gasteiger partial charge in [0.2, 0.25) is 0 Å². The summed E-state index contributed by atoms with van der Waals surface area (Å²) in [7, 11) is 0. The Kier molecular flexibility index (Phi) is 5.21. The number of rotatable bonds is 5. The van der Waals surface area contributed by atoms with Gasteiger partial charge in [-0.1, -0.05) is 32.1 Å². The molecule has 1 aliphatic rings. The van der Waals surface area contributed by atoms with Crippen molar-refractivity contribution in [2.45, 2.75) is 25.9 Å². The van der Waals surface area contributed by atoms with E-state index < -0.39 is 6.10 Å². The maximum Gasteiger partial charge on any atom is 0.0845 e. The summed E-state index contributed by atoms with van der Waals surface area (Å²) >= 11 is 0. The molecule has 0 aromatic heterocycles. The minimum Gasteiger partial charge on any atom is -0.388 e. The fraction of sp³-hybridized carbons (Fsp3) is 0.529. The van der Waals surface area contributed by atoms with Gasteiger partial charge in [0.25, 0.3) is 0 Å². The Bertz CT molecular complexity index is 419. The topological polar surface area (TPSA) is 26.7 Å². The van der Waals surface area contributed by atoms with Gasteiger partial charge in [-0.2, -0.15) is 0 Å². The number of β-amino-alcohol motifs (C(OH)–C–C–N with tert-alkyl or cyclic N) is 1. The highest BCUT2D eigenvalue weighted by atomic mass is 16.3. The molecule has 1 fully saturated rings. The SMILES string of the molecule is C=C[C@H](O)CN1CCN(c2ccc(C(C)C)cc2)CC1. The average Bonchev–Trinajstić information content (AvgIpc) is 2.48. The summed E-state index contributed by atoms with van der Waals surface area (Å²) in [4.78, 5) is 4.71. The fourth-order valence-electron chi connectivity index (χ4n) is 2.60. The summed E-state index contributed by atoms with van der Waals surface area (Å²) in [6.07, 6.45) is 1.20. The summed E-state index contributed by atoms with van der Waals surface area (Å²) < 4.78 is 0. The molecular formula is C17H26N2O. The highest BCUT2D eigenvalue weighted by Crippen LogP contribution is 2.21. The quantitative estimate of drug-likeness (QED) is 0.836. The van der Waals surface area contributed by atoms with Gasteiger partial charge in [-0.05, 0) is 23.6 Å². The number of hydrogen-bond donors (Lipinski definition) is 1. The van der Waals surface area contributed by atoms with Gasteiger partial charge in [-0.3, -0.25) is 4.90 Å². The van der Waals surface area contributed by atoms with Crippen LogP contribution in [0.5, 0.6) is 0 Å². The Labute approximate surface area is 122 Å². The number of hydrogen-bond acceptors (Lipinski definition) is 3. The van der Waals surface area contributed by atoms with E-state index in [0.717, 1.165) is 26.2 Å². The van der Waals surface area contributed by atoms with Crippen molar-refractivity contribution in [3.05, 3.63) is 42.5 Å². The maximum absolute atomic E-state index is 9.60. The van der Waals surface area contributed by atoms with Crippen LogP contribution in [0.4, 0.5) is 5.69 Å². The first-order valence-corrected chi connectivity index (χ1v) is 7.48. The number of aliphatic hydroxyl groups is 1. The van der Waals surface area contributed by atoms with E-state index in [0.29, 0.717) is 12.5 Å². The van der Waals surface area contributed by atoms with Crippen molar-refractivity contribution < 1.29 is 5.11 Å². The molecule has 1 N–H and O–H groups in total. The molecular weight excluding hydrogens is 248 g/mol. The molecule has 0 spiro atoms. The summed E-state index contributed by atoms with van der Waals surface area (Å²) in [5, 5.41) is 9.60. The molecule has 1 aromatic carbocycles. The van der Waals surface area contributed by atoms with Crippen molar-refractivity contribution >= 4 is 5.69 Å². The highest BCUT2D eigenvalue weighted by Gasteiger charge is 2.18. The van der Waals surface area contributed by atoms with Crippen LogP contribution < -0.4 is 4.90 Å². The molecule has 0 radical (unpaired) electrons. The molecule has 3 nitrogen and oxygen atoms in total. The average molecular weight is 274 g/mol. The van der Waals surface area contributed by atoms with Crippen LogP contribution in [-0.4, -0.2) is 48.8 Å². The number of benzene rings is 1. The standard InChI is InChI=1S/C17H26N2O/c1-4-17(20)13-18-9-11-19(12-10-18)16-7-5-15(6-8-16)14(2)3/h4-8,14,17,20H,1,9-13H2,2-3H3/t17-/m0/s1. The van der Waals surface area contributed by atoms with Crippen molar-refractivity contribution in [3.8, 4) is 0 Å². The molecule has 1 aromatic rings. The third-order valence-electron chi connectivity index (χ3n) is 4.01. The first-order valence-electron chi connectivity index (χ1n) is 7.48. The Hall–Kier alpha value is -1.32. The molecule has 110 valence electrons. The van der Waals surface area contributed by atoms with Gasteiger partial charge in [0.05, 0.1) is 6.10 Å². The second-order valence-corrected chi connectivity index (χ2v) is 5.84. The van der Waals surface area contributed by atoms with Crippen molar-refractivity contribution in [1.82, 2.24) is 4.90 Å². The lowest BCUT2D eigenvalue weighted by atomic mass is 10.0. The van der Waals surface area contributed by atoms with E-state index in [1.165, 1.54) is 11.3 Å². The number of nitrogens with zero attached hydrogens (tertiary/aromatic N) is 2. The Morgan fingerprint density at radius 2 is 1.75 bits per heavy atom. The number of aliphatic hydroxyl groups excluding tert-OH is 1. The number of piperazine rings is 1. The van der Waals surface area contributed by atoms with Gasteiger partial charge in [-0.15, -0.1) is 6.58 Å². The van der Waals surface area contributed by atoms with Crippen LogP contribution >= 0.6 is 0 Å². The molecule has 0 unspecified atom stereocenters. The molecule has 0 aliphatic carbocycles. The summed E-state index contributed by atoms with van der Waals surface area (Å²) in [6.45, 7) is 12.8. The van der Waals surface area contributed by atoms with Crippen LogP contribution in [0, 0.1) is 0 Å². The summed E-state index contributed by atoms with van der Waals surface area (Å²) in [6, 6.07) is 8.91. The van der Waals surface area contributed by atoms with Gasteiger partial charge in [0.15, 0.2) is 0 Å². The summed E-state index contributed by atoms with van der Waals surface area (Å²) in [5.41, 5.74) is 2.69.